The maximum absolute atomic E-state index is 6.41. The number of thiophene rings is 1. The van der Waals surface area contributed by atoms with Gasteiger partial charge in [-0.3, -0.25) is 0 Å². The van der Waals surface area contributed by atoms with Crippen LogP contribution < -0.4 is 5.73 Å². The van der Waals surface area contributed by atoms with Crippen molar-refractivity contribution in [3.63, 3.8) is 0 Å². The van der Waals surface area contributed by atoms with Gasteiger partial charge in [0.2, 0.25) is 0 Å². The van der Waals surface area contributed by atoms with E-state index < -0.39 is 0 Å². The normalized spacial score (nSPS) is 14.3. The van der Waals surface area contributed by atoms with Gasteiger partial charge in [0.15, 0.2) is 0 Å². The summed E-state index contributed by atoms with van der Waals surface area (Å²) in [5.41, 5.74) is 10.4. The minimum Gasteiger partial charge on any atom is -0.320 e. The Labute approximate surface area is 120 Å². The van der Waals surface area contributed by atoms with E-state index in [0.29, 0.717) is 5.92 Å². The summed E-state index contributed by atoms with van der Waals surface area (Å²) in [7, 11) is 0. The monoisotopic (exact) mass is 273 g/mol. The number of aryl methyl sites for hydroxylation is 1. The average molecular weight is 273 g/mol. The van der Waals surface area contributed by atoms with E-state index in [0.717, 1.165) is 6.42 Å². The number of rotatable bonds is 5. The fraction of sp³-hybridized carbons (Fsp3) is 0.412. The number of hydrogen-bond acceptors (Lipinski definition) is 2. The van der Waals surface area contributed by atoms with E-state index in [1.807, 2.05) is 0 Å². The minimum absolute atomic E-state index is 0.0148. The predicted octanol–water partition coefficient (Wildman–Crippen LogP) is 4.87. The zero-order valence-corrected chi connectivity index (χ0v) is 12.8. The lowest BCUT2D eigenvalue weighted by atomic mass is 9.95. The third-order valence-electron chi connectivity index (χ3n) is 3.92. The van der Waals surface area contributed by atoms with Crippen molar-refractivity contribution < 1.29 is 0 Å². The molecule has 1 nitrogen and oxygen atoms in total. The standard InChI is InChI=1S/C17H23NS/c1-4-12(3)14-6-8-15(9-7-14)16(18)17-13(5-2)10-11-19-17/h6-12,16H,4-5,18H2,1-3H3. The summed E-state index contributed by atoms with van der Waals surface area (Å²) in [6.45, 7) is 6.68. The molecule has 19 heavy (non-hydrogen) atoms. The summed E-state index contributed by atoms with van der Waals surface area (Å²) < 4.78 is 0. The molecule has 2 heteroatoms. The number of hydrogen-bond donors (Lipinski definition) is 1. The lowest BCUT2D eigenvalue weighted by Crippen LogP contribution is -2.12. The molecule has 2 unspecified atom stereocenters. The first-order chi connectivity index (χ1) is 9.17. The van der Waals surface area contributed by atoms with Gasteiger partial charge in [0, 0.05) is 4.88 Å². The molecule has 2 atom stereocenters. The molecule has 0 amide bonds. The van der Waals surface area contributed by atoms with Crippen molar-refractivity contribution in [1.82, 2.24) is 0 Å². The Hall–Kier alpha value is -1.12. The quantitative estimate of drug-likeness (QED) is 0.826. The van der Waals surface area contributed by atoms with Crippen molar-refractivity contribution in [1.29, 1.82) is 0 Å². The number of nitrogens with two attached hydrogens (primary N) is 1. The van der Waals surface area contributed by atoms with Gasteiger partial charge in [-0.15, -0.1) is 11.3 Å². The van der Waals surface area contributed by atoms with Gasteiger partial charge in [-0.05, 0) is 46.9 Å². The van der Waals surface area contributed by atoms with Crippen molar-refractivity contribution in [2.75, 3.05) is 0 Å². The van der Waals surface area contributed by atoms with E-state index in [1.165, 1.54) is 28.0 Å². The predicted molar refractivity (Wildman–Crippen MR) is 84.9 cm³/mol. The molecule has 102 valence electrons. The van der Waals surface area contributed by atoms with Gasteiger partial charge >= 0.3 is 0 Å². The van der Waals surface area contributed by atoms with Crippen LogP contribution in [0.15, 0.2) is 35.7 Å². The van der Waals surface area contributed by atoms with E-state index in [4.69, 9.17) is 5.73 Å². The van der Waals surface area contributed by atoms with Gasteiger partial charge in [0.1, 0.15) is 0 Å². The van der Waals surface area contributed by atoms with E-state index in [9.17, 15) is 0 Å². The Morgan fingerprint density at radius 2 is 1.68 bits per heavy atom. The SMILES string of the molecule is CCc1ccsc1C(N)c1ccc(C(C)CC)cc1. The van der Waals surface area contributed by atoms with E-state index >= 15 is 0 Å². The molecule has 0 aliphatic heterocycles. The summed E-state index contributed by atoms with van der Waals surface area (Å²) in [5.74, 6) is 0.623. The van der Waals surface area contributed by atoms with Crippen LogP contribution in [0.3, 0.4) is 0 Å². The highest BCUT2D eigenvalue weighted by molar-refractivity contribution is 7.10. The third-order valence-corrected chi connectivity index (χ3v) is 4.96. The first-order valence-corrected chi connectivity index (χ1v) is 7.97. The van der Waals surface area contributed by atoms with Crippen LogP contribution in [0.4, 0.5) is 0 Å². The lowest BCUT2D eigenvalue weighted by Gasteiger charge is -2.15. The average Bonchev–Trinajstić information content (AvgIpc) is 2.94. The van der Waals surface area contributed by atoms with Crippen molar-refractivity contribution in [2.45, 2.75) is 45.6 Å². The Morgan fingerprint density at radius 1 is 1.05 bits per heavy atom. The van der Waals surface area contributed by atoms with Crippen LogP contribution in [0.2, 0.25) is 0 Å². The zero-order valence-electron chi connectivity index (χ0n) is 12.0. The Balaban J connectivity index is 2.22. The third kappa shape index (κ3) is 3.07. The summed E-state index contributed by atoms with van der Waals surface area (Å²) in [6, 6.07) is 11.0. The molecule has 0 spiro atoms. The van der Waals surface area contributed by atoms with Crippen LogP contribution in [-0.2, 0) is 6.42 Å². The fourth-order valence-electron chi connectivity index (χ4n) is 2.33. The molecule has 1 aromatic carbocycles. The number of benzene rings is 1. The molecular weight excluding hydrogens is 250 g/mol. The fourth-order valence-corrected chi connectivity index (χ4v) is 3.36. The van der Waals surface area contributed by atoms with Gasteiger partial charge in [-0.2, -0.15) is 0 Å². The van der Waals surface area contributed by atoms with Crippen LogP contribution in [-0.4, -0.2) is 0 Å². The second-order valence-electron chi connectivity index (χ2n) is 5.12. The van der Waals surface area contributed by atoms with E-state index in [2.05, 4.69) is 56.5 Å². The molecule has 0 bridgehead atoms. The molecule has 0 saturated carbocycles. The topological polar surface area (TPSA) is 26.0 Å². The van der Waals surface area contributed by atoms with Crippen molar-refractivity contribution in [3.8, 4) is 0 Å². The maximum atomic E-state index is 6.41. The van der Waals surface area contributed by atoms with Gasteiger partial charge in [0.25, 0.3) is 0 Å². The maximum Gasteiger partial charge on any atom is 0.0648 e. The molecule has 2 rings (SSSR count). The largest absolute Gasteiger partial charge is 0.320 e. The van der Waals surface area contributed by atoms with Gasteiger partial charge in [0.05, 0.1) is 6.04 Å². The van der Waals surface area contributed by atoms with Crippen LogP contribution in [0.5, 0.6) is 0 Å². The van der Waals surface area contributed by atoms with Gasteiger partial charge < -0.3 is 5.73 Å². The first-order valence-electron chi connectivity index (χ1n) is 7.09. The molecule has 0 saturated heterocycles. The smallest absolute Gasteiger partial charge is 0.0648 e. The molecular formula is C17H23NS. The summed E-state index contributed by atoms with van der Waals surface area (Å²) >= 11 is 1.77. The molecule has 2 N–H and O–H groups in total. The molecule has 0 fully saturated rings. The van der Waals surface area contributed by atoms with Crippen molar-refractivity contribution >= 4 is 11.3 Å². The summed E-state index contributed by atoms with van der Waals surface area (Å²) in [6.07, 6.45) is 2.23. The second kappa shape index (κ2) is 6.36. The minimum atomic E-state index is 0.0148. The van der Waals surface area contributed by atoms with E-state index in [-0.39, 0.29) is 6.04 Å². The van der Waals surface area contributed by atoms with Gasteiger partial charge in [-0.25, -0.2) is 0 Å². The molecule has 0 radical (unpaired) electrons. The Morgan fingerprint density at radius 3 is 2.26 bits per heavy atom. The first kappa shape index (κ1) is 14.3. The highest BCUT2D eigenvalue weighted by atomic mass is 32.1. The van der Waals surface area contributed by atoms with Crippen molar-refractivity contribution in [2.24, 2.45) is 5.73 Å². The van der Waals surface area contributed by atoms with Crippen LogP contribution in [0.1, 0.15) is 60.7 Å². The van der Waals surface area contributed by atoms with Crippen LogP contribution >= 0.6 is 11.3 Å². The molecule has 1 aromatic heterocycles. The van der Waals surface area contributed by atoms with E-state index in [1.54, 1.807) is 11.3 Å². The highest BCUT2D eigenvalue weighted by Gasteiger charge is 2.14. The second-order valence-corrected chi connectivity index (χ2v) is 6.06. The Bertz CT molecular complexity index is 512. The summed E-state index contributed by atoms with van der Waals surface area (Å²) in [5, 5.41) is 2.14. The zero-order chi connectivity index (χ0) is 13.8. The highest BCUT2D eigenvalue weighted by Crippen LogP contribution is 2.29. The lowest BCUT2D eigenvalue weighted by molar-refractivity contribution is 0.732. The molecule has 2 aromatic rings. The Kier molecular flexibility index (Phi) is 4.78. The van der Waals surface area contributed by atoms with Crippen LogP contribution in [0, 0.1) is 0 Å². The van der Waals surface area contributed by atoms with Gasteiger partial charge in [-0.1, -0.05) is 45.0 Å². The molecule has 1 heterocycles. The molecule has 0 aliphatic carbocycles. The van der Waals surface area contributed by atoms with Crippen LogP contribution in [0.25, 0.3) is 0 Å². The van der Waals surface area contributed by atoms with Crippen molar-refractivity contribution in [3.05, 3.63) is 57.3 Å². The summed E-state index contributed by atoms with van der Waals surface area (Å²) in [4.78, 5) is 1.30. The molecule has 0 aliphatic rings.